The van der Waals surface area contributed by atoms with E-state index >= 15 is 0 Å². The van der Waals surface area contributed by atoms with Gasteiger partial charge in [-0.05, 0) is 62.7 Å². The monoisotopic (exact) mass is 315 g/mol. The molecule has 0 bridgehead atoms. The molecule has 0 radical (unpaired) electrons. The van der Waals surface area contributed by atoms with Gasteiger partial charge >= 0.3 is 0 Å². The van der Waals surface area contributed by atoms with Crippen molar-refractivity contribution in [3.05, 3.63) is 43.2 Å². The summed E-state index contributed by atoms with van der Waals surface area (Å²) in [5.74, 6) is 0. The van der Waals surface area contributed by atoms with Crippen LogP contribution in [0.4, 0.5) is 0 Å². The van der Waals surface area contributed by atoms with Crippen LogP contribution in [-0.4, -0.2) is 6.54 Å². The van der Waals surface area contributed by atoms with Crippen LogP contribution in [0, 0.1) is 0 Å². The third kappa shape index (κ3) is 2.74. The van der Waals surface area contributed by atoms with E-state index in [1.54, 1.807) is 22.7 Å². The molecular weight excluding hydrogens is 302 g/mol. The van der Waals surface area contributed by atoms with Crippen LogP contribution < -0.4 is 5.32 Å². The number of hydrogen-bond acceptors (Lipinski definition) is 3. The molecule has 2 aromatic rings. The van der Waals surface area contributed by atoms with Crippen molar-refractivity contribution in [2.24, 2.45) is 0 Å². The normalized spacial score (nSPS) is 12.9. The van der Waals surface area contributed by atoms with Gasteiger partial charge in [-0.2, -0.15) is 11.3 Å². The van der Waals surface area contributed by atoms with Gasteiger partial charge in [-0.25, -0.2) is 0 Å². The second-order valence-electron chi connectivity index (χ2n) is 3.58. The Morgan fingerprint density at radius 1 is 1.38 bits per heavy atom. The highest BCUT2D eigenvalue weighted by molar-refractivity contribution is 9.10. The second kappa shape index (κ2) is 5.96. The number of rotatable bonds is 5. The topological polar surface area (TPSA) is 12.0 Å². The zero-order chi connectivity index (χ0) is 11.4. The quantitative estimate of drug-likeness (QED) is 0.846. The first-order valence-electron chi connectivity index (χ1n) is 5.31. The molecule has 2 heterocycles. The molecule has 1 N–H and O–H groups in total. The Morgan fingerprint density at radius 3 is 2.81 bits per heavy atom. The molecule has 0 fully saturated rings. The molecule has 0 aliphatic rings. The van der Waals surface area contributed by atoms with Crippen LogP contribution in [0.3, 0.4) is 0 Å². The molecule has 0 amide bonds. The van der Waals surface area contributed by atoms with Crippen molar-refractivity contribution in [2.45, 2.75) is 19.4 Å². The maximum absolute atomic E-state index is 3.62. The summed E-state index contributed by atoms with van der Waals surface area (Å²) in [5.41, 5.74) is 1.36. The third-order valence-corrected chi connectivity index (χ3v) is 5.02. The Morgan fingerprint density at radius 2 is 2.25 bits per heavy atom. The zero-order valence-corrected chi connectivity index (χ0v) is 12.3. The minimum Gasteiger partial charge on any atom is -0.306 e. The van der Waals surface area contributed by atoms with Crippen LogP contribution >= 0.6 is 38.6 Å². The van der Waals surface area contributed by atoms with Gasteiger partial charge in [0, 0.05) is 9.35 Å². The lowest BCUT2D eigenvalue weighted by Crippen LogP contribution is -2.22. The highest BCUT2D eigenvalue weighted by atomic mass is 79.9. The standard InChI is InChI=1S/C12H14BrNS2/c1-2-5-14-11(9-3-6-15-8-9)12-10(13)4-7-16-12/h3-4,6-8,11,14H,2,5H2,1H3. The third-order valence-electron chi connectivity index (χ3n) is 2.38. The zero-order valence-electron chi connectivity index (χ0n) is 9.07. The van der Waals surface area contributed by atoms with Crippen LogP contribution in [0.1, 0.15) is 29.8 Å². The number of hydrogen-bond donors (Lipinski definition) is 1. The van der Waals surface area contributed by atoms with E-state index in [4.69, 9.17) is 0 Å². The van der Waals surface area contributed by atoms with Gasteiger partial charge in [-0.15, -0.1) is 11.3 Å². The summed E-state index contributed by atoms with van der Waals surface area (Å²) in [5, 5.41) is 10.1. The molecule has 0 saturated heterocycles. The fourth-order valence-corrected chi connectivity index (χ4v) is 3.99. The maximum Gasteiger partial charge on any atom is 0.0690 e. The van der Waals surface area contributed by atoms with Crippen LogP contribution in [0.2, 0.25) is 0 Å². The second-order valence-corrected chi connectivity index (χ2v) is 6.16. The molecule has 1 atom stereocenters. The summed E-state index contributed by atoms with van der Waals surface area (Å²) in [6, 6.07) is 4.65. The van der Waals surface area contributed by atoms with Gasteiger partial charge in [-0.1, -0.05) is 6.92 Å². The number of nitrogens with one attached hydrogen (secondary N) is 1. The molecule has 0 aliphatic carbocycles. The van der Waals surface area contributed by atoms with E-state index in [2.05, 4.69) is 56.4 Å². The lowest BCUT2D eigenvalue weighted by molar-refractivity contribution is 0.606. The maximum atomic E-state index is 3.62. The van der Waals surface area contributed by atoms with Gasteiger partial charge in [0.05, 0.1) is 6.04 Å². The van der Waals surface area contributed by atoms with Gasteiger partial charge in [0.15, 0.2) is 0 Å². The average molecular weight is 316 g/mol. The highest BCUT2D eigenvalue weighted by Crippen LogP contribution is 2.33. The fourth-order valence-electron chi connectivity index (χ4n) is 1.60. The molecule has 1 nitrogen and oxygen atoms in total. The van der Waals surface area contributed by atoms with Crippen LogP contribution in [0.15, 0.2) is 32.7 Å². The molecule has 0 aliphatic heterocycles. The first kappa shape index (κ1) is 12.3. The van der Waals surface area contributed by atoms with E-state index in [1.165, 1.54) is 14.9 Å². The Bertz CT molecular complexity index is 422. The van der Waals surface area contributed by atoms with E-state index in [9.17, 15) is 0 Å². The van der Waals surface area contributed by atoms with E-state index in [0.717, 1.165) is 13.0 Å². The summed E-state index contributed by atoms with van der Waals surface area (Å²) >= 11 is 7.17. The van der Waals surface area contributed by atoms with Crippen molar-refractivity contribution in [1.29, 1.82) is 0 Å². The predicted octanol–water partition coefficient (Wildman–Crippen LogP) is 4.66. The van der Waals surface area contributed by atoms with Gasteiger partial charge < -0.3 is 5.32 Å². The van der Waals surface area contributed by atoms with E-state index in [0.29, 0.717) is 6.04 Å². The molecule has 1 unspecified atom stereocenters. The highest BCUT2D eigenvalue weighted by Gasteiger charge is 2.17. The largest absolute Gasteiger partial charge is 0.306 e. The van der Waals surface area contributed by atoms with Crippen molar-refractivity contribution in [3.8, 4) is 0 Å². The van der Waals surface area contributed by atoms with Gasteiger partial charge in [0.25, 0.3) is 0 Å². The summed E-state index contributed by atoms with van der Waals surface area (Å²) < 4.78 is 1.21. The number of halogens is 1. The molecule has 0 spiro atoms. The minimum atomic E-state index is 0.334. The molecule has 0 saturated carbocycles. The fraction of sp³-hybridized carbons (Fsp3) is 0.333. The summed E-state index contributed by atoms with van der Waals surface area (Å²) in [6.45, 7) is 3.24. The van der Waals surface area contributed by atoms with Crippen LogP contribution in [-0.2, 0) is 0 Å². The first-order chi connectivity index (χ1) is 7.83. The van der Waals surface area contributed by atoms with Gasteiger partial charge in [-0.3, -0.25) is 0 Å². The Labute approximate surface area is 113 Å². The number of thiophene rings is 2. The van der Waals surface area contributed by atoms with E-state index in [-0.39, 0.29) is 0 Å². The average Bonchev–Trinajstić information content (AvgIpc) is 2.91. The van der Waals surface area contributed by atoms with Crippen molar-refractivity contribution < 1.29 is 0 Å². The molecular formula is C12H14BrNS2. The first-order valence-corrected chi connectivity index (χ1v) is 7.93. The molecule has 86 valence electrons. The molecule has 16 heavy (non-hydrogen) atoms. The predicted molar refractivity (Wildman–Crippen MR) is 76.5 cm³/mol. The molecule has 2 rings (SSSR count). The Hall–Kier alpha value is -0.160. The lowest BCUT2D eigenvalue weighted by atomic mass is 10.1. The van der Waals surface area contributed by atoms with Crippen molar-refractivity contribution in [1.82, 2.24) is 5.32 Å². The minimum absolute atomic E-state index is 0.334. The van der Waals surface area contributed by atoms with Gasteiger partial charge in [0.2, 0.25) is 0 Å². The summed E-state index contributed by atoms with van der Waals surface area (Å²) in [4.78, 5) is 1.37. The van der Waals surface area contributed by atoms with Crippen molar-refractivity contribution >= 4 is 38.6 Å². The van der Waals surface area contributed by atoms with E-state index in [1.807, 2.05) is 0 Å². The Kier molecular flexibility index (Phi) is 4.58. The van der Waals surface area contributed by atoms with Crippen LogP contribution in [0.5, 0.6) is 0 Å². The SMILES string of the molecule is CCCNC(c1ccsc1)c1sccc1Br. The molecule has 0 aromatic carbocycles. The molecule has 2 aromatic heterocycles. The van der Waals surface area contributed by atoms with Crippen LogP contribution in [0.25, 0.3) is 0 Å². The van der Waals surface area contributed by atoms with Crippen molar-refractivity contribution in [2.75, 3.05) is 6.54 Å². The smallest absolute Gasteiger partial charge is 0.0690 e. The van der Waals surface area contributed by atoms with E-state index < -0.39 is 0 Å². The lowest BCUT2D eigenvalue weighted by Gasteiger charge is -2.16. The van der Waals surface area contributed by atoms with Gasteiger partial charge in [0.1, 0.15) is 0 Å². The van der Waals surface area contributed by atoms with Crippen molar-refractivity contribution in [3.63, 3.8) is 0 Å². The summed E-state index contributed by atoms with van der Waals surface area (Å²) in [7, 11) is 0. The Balaban J connectivity index is 2.25. The molecule has 4 heteroatoms. The summed E-state index contributed by atoms with van der Waals surface area (Å²) in [6.07, 6.45) is 1.16.